The van der Waals surface area contributed by atoms with Gasteiger partial charge in [0.15, 0.2) is 15.5 Å². The van der Waals surface area contributed by atoms with Crippen LogP contribution in [-0.2, 0) is 9.84 Å². The van der Waals surface area contributed by atoms with Gasteiger partial charge in [-0.25, -0.2) is 13.0 Å². The van der Waals surface area contributed by atoms with E-state index in [4.69, 9.17) is 5.73 Å². The van der Waals surface area contributed by atoms with Crippen molar-refractivity contribution >= 4 is 64.3 Å². The molecule has 2 atom stereocenters. The molecule has 3 rings (SSSR count). The number of amidine groups is 1. The highest BCUT2D eigenvalue weighted by Crippen LogP contribution is 2.42. The van der Waals surface area contributed by atoms with E-state index in [1.165, 1.54) is 11.8 Å². The summed E-state index contributed by atoms with van der Waals surface area (Å²) in [6.45, 7) is 2.01. The molecule has 0 saturated carbocycles. The second kappa shape index (κ2) is 5.00. The minimum atomic E-state index is -2.97. The molecule has 0 amide bonds. The summed E-state index contributed by atoms with van der Waals surface area (Å²) in [5, 5.41) is 0.695. The van der Waals surface area contributed by atoms with Gasteiger partial charge in [-0.15, -0.1) is 0 Å². The van der Waals surface area contributed by atoms with E-state index in [9.17, 15) is 8.42 Å². The molecule has 1 fully saturated rings. The smallest absolute Gasteiger partial charge is 0.281 e. The lowest BCUT2D eigenvalue weighted by molar-refractivity contribution is -0.472. The normalized spacial score (nSPS) is 27.9. The van der Waals surface area contributed by atoms with Crippen LogP contribution in [0.4, 0.5) is 5.69 Å². The molecule has 2 aliphatic heterocycles. The maximum atomic E-state index is 11.8. The summed E-state index contributed by atoms with van der Waals surface area (Å²) in [5.41, 5.74) is 8.16. The molecule has 1 aromatic carbocycles. The predicted molar refractivity (Wildman–Crippen MR) is 89.5 cm³/mol. The van der Waals surface area contributed by atoms with Gasteiger partial charge in [-0.1, -0.05) is 0 Å². The average molecular weight is 441 g/mol. The van der Waals surface area contributed by atoms with E-state index in [0.717, 1.165) is 20.2 Å². The Hall–Kier alpha value is -0.0500. The highest BCUT2D eigenvalue weighted by Gasteiger charge is 2.50. The maximum Gasteiger partial charge on any atom is 0.310 e. The lowest BCUT2D eigenvalue weighted by Gasteiger charge is -2.14. The molecule has 20 heavy (non-hydrogen) atoms. The first-order chi connectivity index (χ1) is 9.28. The van der Waals surface area contributed by atoms with Gasteiger partial charge in [0.2, 0.25) is 0 Å². The Morgan fingerprint density at radius 2 is 1.90 bits per heavy atom. The Morgan fingerprint density at radius 3 is 2.50 bits per heavy atom. The van der Waals surface area contributed by atoms with Crippen molar-refractivity contribution in [3.8, 4) is 0 Å². The van der Waals surface area contributed by atoms with Gasteiger partial charge in [0.25, 0.3) is 0 Å². The van der Waals surface area contributed by atoms with Crippen LogP contribution in [0.1, 0.15) is 5.56 Å². The lowest BCUT2D eigenvalue weighted by atomic mass is 10.2. The van der Waals surface area contributed by atoms with E-state index in [-0.39, 0.29) is 22.8 Å². The Balaban J connectivity index is 2.13. The van der Waals surface area contributed by atoms with Crippen molar-refractivity contribution in [2.45, 2.75) is 18.2 Å². The molecule has 0 bridgehead atoms. The summed E-state index contributed by atoms with van der Waals surface area (Å²) in [7, 11) is -2.97. The molecule has 2 aliphatic rings. The third-order valence-corrected chi connectivity index (χ3v) is 7.87. The lowest BCUT2D eigenvalue weighted by Crippen LogP contribution is -2.30. The average Bonchev–Trinajstić information content (AvgIpc) is 2.70. The zero-order valence-corrected chi connectivity index (χ0v) is 15.4. The Bertz CT molecular complexity index is 708. The van der Waals surface area contributed by atoms with Gasteiger partial charge in [-0.05, 0) is 68.2 Å². The zero-order valence-electron chi connectivity index (χ0n) is 10.6. The number of hydrogen-bond donors (Lipinski definition) is 1. The number of fused-ring (bicyclic) bond motifs is 1. The second-order valence-corrected chi connectivity index (χ2v) is 10.2. The molecule has 8 heteroatoms. The molecule has 2 unspecified atom stereocenters. The fraction of sp³-hybridized carbons (Fsp3) is 0.417. The van der Waals surface area contributed by atoms with E-state index in [1.807, 2.05) is 23.6 Å². The Labute approximate surface area is 139 Å². The third-order valence-electron chi connectivity index (χ3n) is 3.52. The Morgan fingerprint density at radius 1 is 1.30 bits per heavy atom. The van der Waals surface area contributed by atoms with Gasteiger partial charge in [-0.2, -0.15) is 0 Å². The van der Waals surface area contributed by atoms with Crippen LogP contribution in [0.3, 0.4) is 0 Å². The van der Waals surface area contributed by atoms with E-state index in [2.05, 4.69) is 31.9 Å². The standard InChI is InChI=1S/C12H12Br2N2O2S2/c1-6-2-7(13)11(8(14)3-6)16-9-4-20(17,18)5-10(9)19-12(16)15/h2-3,9-10,15H,4-5H2,1H3/p+1. The van der Waals surface area contributed by atoms with Crippen LogP contribution >= 0.6 is 43.6 Å². The van der Waals surface area contributed by atoms with Crippen molar-refractivity contribution in [1.29, 1.82) is 0 Å². The Kier molecular flexibility index (Phi) is 3.72. The molecular weight excluding hydrogens is 428 g/mol. The molecule has 1 saturated heterocycles. The largest absolute Gasteiger partial charge is 0.310 e. The quantitative estimate of drug-likeness (QED) is 0.681. The van der Waals surface area contributed by atoms with Crippen LogP contribution in [0, 0.1) is 6.92 Å². The SMILES string of the molecule is Cc1cc(Br)c([N+]2=C(N)SC3CS(=O)(=O)CC32)c(Br)c1. The summed E-state index contributed by atoms with van der Waals surface area (Å²) in [6, 6.07) is 3.93. The molecular formula is C12H13Br2N2O2S2+. The fourth-order valence-electron chi connectivity index (χ4n) is 2.72. The van der Waals surface area contributed by atoms with Crippen LogP contribution in [0.25, 0.3) is 0 Å². The summed E-state index contributed by atoms with van der Waals surface area (Å²) in [5.74, 6) is 0.374. The van der Waals surface area contributed by atoms with Crippen molar-refractivity contribution in [3.63, 3.8) is 0 Å². The molecule has 0 aromatic heterocycles. The van der Waals surface area contributed by atoms with Crippen molar-refractivity contribution in [2.75, 3.05) is 11.5 Å². The van der Waals surface area contributed by atoms with E-state index in [1.54, 1.807) is 0 Å². The molecule has 0 spiro atoms. The van der Waals surface area contributed by atoms with Crippen molar-refractivity contribution in [3.05, 3.63) is 26.6 Å². The van der Waals surface area contributed by atoms with Gasteiger partial charge in [0, 0.05) is 0 Å². The van der Waals surface area contributed by atoms with Gasteiger partial charge in [0.05, 0.1) is 25.7 Å². The highest BCUT2D eigenvalue weighted by atomic mass is 79.9. The monoisotopic (exact) mass is 439 g/mol. The number of halogens is 2. The number of hydrogen-bond acceptors (Lipinski definition) is 4. The molecule has 2 heterocycles. The number of aryl methyl sites for hydroxylation is 1. The summed E-state index contributed by atoms with van der Waals surface area (Å²) < 4.78 is 27.5. The van der Waals surface area contributed by atoms with Gasteiger partial charge >= 0.3 is 5.17 Å². The maximum absolute atomic E-state index is 11.8. The molecule has 1 aromatic rings. The summed E-state index contributed by atoms with van der Waals surface area (Å²) in [4.78, 5) is 0. The van der Waals surface area contributed by atoms with Crippen LogP contribution in [0.15, 0.2) is 21.1 Å². The minimum absolute atomic E-state index is 0.0279. The zero-order chi connectivity index (χ0) is 14.7. The molecule has 4 nitrogen and oxygen atoms in total. The first-order valence-electron chi connectivity index (χ1n) is 6.03. The number of rotatable bonds is 1. The van der Waals surface area contributed by atoms with E-state index >= 15 is 0 Å². The van der Waals surface area contributed by atoms with Gasteiger partial charge < -0.3 is 0 Å². The number of thioether (sulfide) groups is 1. The highest BCUT2D eigenvalue weighted by molar-refractivity contribution is 9.11. The van der Waals surface area contributed by atoms with Crippen molar-refractivity contribution in [2.24, 2.45) is 5.73 Å². The number of nitrogens with two attached hydrogens (primary N) is 1. The first kappa shape index (κ1) is 14.9. The van der Waals surface area contributed by atoms with Gasteiger partial charge in [-0.3, -0.25) is 5.73 Å². The van der Waals surface area contributed by atoms with Crippen LogP contribution in [-0.4, -0.2) is 41.0 Å². The van der Waals surface area contributed by atoms with Crippen molar-refractivity contribution in [1.82, 2.24) is 0 Å². The third kappa shape index (κ3) is 2.44. The molecule has 2 N–H and O–H groups in total. The van der Waals surface area contributed by atoms with E-state index < -0.39 is 9.84 Å². The van der Waals surface area contributed by atoms with Crippen LogP contribution < -0.4 is 5.73 Å². The number of sulfone groups is 1. The summed E-state index contributed by atoms with van der Waals surface area (Å²) in [6.07, 6.45) is 0. The number of benzene rings is 1. The minimum Gasteiger partial charge on any atom is -0.281 e. The molecule has 0 radical (unpaired) electrons. The topological polar surface area (TPSA) is 63.2 Å². The fourth-order valence-corrected chi connectivity index (χ4v) is 8.32. The van der Waals surface area contributed by atoms with Crippen LogP contribution in [0.2, 0.25) is 0 Å². The van der Waals surface area contributed by atoms with Crippen LogP contribution in [0.5, 0.6) is 0 Å². The second-order valence-electron chi connectivity index (χ2n) is 5.09. The van der Waals surface area contributed by atoms with E-state index in [0.29, 0.717) is 5.17 Å². The van der Waals surface area contributed by atoms with Gasteiger partial charge in [0.1, 0.15) is 6.04 Å². The number of nitrogens with zero attached hydrogens (tertiary/aromatic N) is 1. The molecule has 0 aliphatic carbocycles. The van der Waals surface area contributed by atoms with Crippen molar-refractivity contribution < 1.29 is 13.0 Å². The molecule has 108 valence electrons. The summed E-state index contributed by atoms with van der Waals surface area (Å²) >= 11 is 8.59. The predicted octanol–water partition coefficient (Wildman–Crippen LogP) is 2.39. The first-order valence-corrected chi connectivity index (χ1v) is 10.3.